The van der Waals surface area contributed by atoms with Crippen LogP contribution in [0.2, 0.25) is 0 Å². The summed E-state index contributed by atoms with van der Waals surface area (Å²) in [7, 11) is 0. The molecule has 0 atom stereocenters. The summed E-state index contributed by atoms with van der Waals surface area (Å²) in [5, 5.41) is 2.86. The highest BCUT2D eigenvalue weighted by molar-refractivity contribution is 14.0. The van der Waals surface area contributed by atoms with Gasteiger partial charge in [-0.25, -0.2) is 4.99 Å². The number of nitrogens with one attached hydrogen (secondary N) is 1. The Hall–Kier alpha value is -0.570. The maximum Gasteiger partial charge on any atom is 0.241 e. The summed E-state index contributed by atoms with van der Waals surface area (Å²) in [6.07, 6.45) is 2.47. The molecule has 1 aliphatic carbocycles. The van der Waals surface area contributed by atoms with Crippen LogP contribution in [0.5, 0.6) is 0 Å². The second-order valence-electron chi connectivity index (χ2n) is 4.52. The first-order chi connectivity index (χ1) is 8.25. The monoisotopic (exact) mass is 368 g/mol. The van der Waals surface area contributed by atoms with E-state index in [9.17, 15) is 4.79 Å². The summed E-state index contributed by atoms with van der Waals surface area (Å²) < 4.78 is 5.22. The largest absolute Gasteiger partial charge is 0.378 e. The van der Waals surface area contributed by atoms with Crippen LogP contribution in [-0.4, -0.2) is 56.2 Å². The van der Waals surface area contributed by atoms with Gasteiger partial charge in [0.15, 0.2) is 5.96 Å². The lowest BCUT2D eigenvalue weighted by Crippen LogP contribution is -2.45. The molecular weight excluding hydrogens is 347 g/mol. The predicted octanol–water partition coefficient (Wildman–Crippen LogP) is -0.222. The minimum atomic E-state index is -0.0480. The van der Waals surface area contributed by atoms with Gasteiger partial charge in [0.2, 0.25) is 5.91 Å². The molecular formula is C11H21IN4O2. The molecule has 0 bridgehead atoms. The number of halogens is 1. The highest BCUT2D eigenvalue weighted by atomic mass is 127. The number of hydrogen-bond acceptors (Lipinski definition) is 3. The zero-order valence-electron chi connectivity index (χ0n) is 10.4. The van der Waals surface area contributed by atoms with Crippen molar-refractivity contribution in [1.82, 2.24) is 10.2 Å². The number of rotatable bonds is 4. The van der Waals surface area contributed by atoms with Gasteiger partial charge >= 0.3 is 0 Å². The molecule has 2 fully saturated rings. The van der Waals surface area contributed by atoms with E-state index >= 15 is 0 Å². The summed E-state index contributed by atoms with van der Waals surface area (Å²) in [6, 6.07) is 0. The number of ether oxygens (including phenoxy) is 1. The number of carbonyl (C=O) groups is 1. The molecule has 1 saturated carbocycles. The number of guanidine groups is 1. The molecule has 7 heteroatoms. The molecule has 1 saturated heterocycles. The minimum absolute atomic E-state index is 0. The smallest absolute Gasteiger partial charge is 0.241 e. The first-order valence-corrected chi connectivity index (χ1v) is 6.15. The van der Waals surface area contributed by atoms with Crippen LogP contribution < -0.4 is 11.1 Å². The van der Waals surface area contributed by atoms with E-state index in [4.69, 9.17) is 10.5 Å². The van der Waals surface area contributed by atoms with Gasteiger partial charge < -0.3 is 20.7 Å². The lowest BCUT2D eigenvalue weighted by atomic mass is 10.4. The maximum atomic E-state index is 11.4. The third kappa shape index (κ3) is 5.38. The van der Waals surface area contributed by atoms with Crippen molar-refractivity contribution < 1.29 is 9.53 Å². The Balaban J connectivity index is 0.00000162. The van der Waals surface area contributed by atoms with E-state index in [-0.39, 0.29) is 36.4 Å². The number of carbonyl (C=O) groups excluding carboxylic acids is 1. The zero-order valence-corrected chi connectivity index (χ0v) is 12.8. The quantitative estimate of drug-likeness (QED) is 0.409. The van der Waals surface area contributed by atoms with Gasteiger partial charge in [0.05, 0.1) is 13.2 Å². The van der Waals surface area contributed by atoms with Gasteiger partial charge in [-0.2, -0.15) is 0 Å². The van der Waals surface area contributed by atoms with Crippen LogP contribution >= 0.6 is 24.0 Å². The lowest BCUT2D eigenvalue weighted by Gasteiger charge is -2.27. The summed E-state index contributed by atoms with van der Waals surface area (Å²) >= 11 is 0. The first kappa shape index (κ1) is 15.5. The van der Waals surface area contributed by atoms with E-state index in [1.807, 2.05) is 4.90 Å². The Morgan fingerprint density at radius 2 is 2.06 bits per heavy atom. The number of aliphatic imine (C=N–C) groups is 1. The second kappa shape index (κ2) is 7.78. The van der Waals surface area contributed by atoms with Crippen LogP contribution in [0, 0.1) is 5.92 Å². The molecule has 0 aromatic rings. The molecule has 2 rings (SSSR count). The Bertz CT molecular complexity index is 301. The van der Waals surface area contributed by atoms with Gasteiger partial charge in [-0.1, -0.05) is 0 Å². The standard InChI is InChI=1S/C11H20N4O2.HI/c12-11(15-3-5-17-6-4-15)14-8-10(16)13-7-9-1-2-9;/h9H,1-8H2,(H2,12,14)(H,13,16);1H. The lowest BCUT2D eigenvalue weighted by molar-refractivity contribution is -0.119. The van der Waals surface area contributed by atoms with Crippen molar-refractivity contribution in [2.75, 3.05) is 39.4 Å². The van der Waals surface area contributed by atoms with Gasteiger partial charge in [-0.15, -0.1) is 24.0 Å². The molecule has 18 heavy (non-hydrogen) atoms. The third-order valence-electron chi connectivity index (χ3n) is 3.00. The highest BCUT2D eigenvalue weighted by Gasteiger charge is 2.21. The van der Waals surface area contributed by atoms with E-state index in [2.05, 4.69) is 10.3 Å². The molecule has 1 heterocycles. The summed E-state index contributed by atoms with van der Waals surface area (Å²) in [4.78, 5) is 17.5. The van der Waals surface area contributed by atoms with E-state index in [0.29, 0.717) is 25.1 Å². The van der Waals surface area contributed by atoms with Crippen molar-refractivity contribution in [3.63, 3.8) is 0 Å². The predicted molar refractivity (Wildman–Crippen MR) is 80.0 cm³/mol. The number of morpholine rings is 1. The molecule has 0 aromatic carbocycles. The van der Waals surface area contributed by atoms with Gasteiger partial charge in [0.25, 0.3) is 0 Å². The van der Waals surface area contributed by atoms with Gasteiger partial charge in [0.1, 0.15) is 6.54 Å². The fraction of sp³-hybridized carbons (Fsp3) is 0.818. The van der Waals surface area contributed by atoms with Gasteiger partial charge in [0, 0.05) is 19.6 Å². The molecule has 0 aromatic heterocycles. The molecule has 0 spiro atoms. The maximum absolute atomic E-state index is 11.4. The Morgan fingerprint density at radius 3 is 2.67 bits per heavy atom. The third-order valence-corrected chi connectivity index (χ3v) is 3.00. The number of amides is 1. The molecule has 0 radical (unpaired) electrons. The van der Waals surface area contributed by atoms with E-state index in [1.165, 1.54) is 12.8 Å². The average Bonchev–Trinajstić information content (AvgIpc) is 3.18. The van der Waals surface area contributed by atoms with Crippen molar-refractivity contribution in [3.05, 3.63) is 0 Å². The summed E-state index contributed by atoms with van der Waals surface area (Å²) in [6.45, 7) is 3.74. The zero-order chi connectivity index (χ0) is 12.1. The molecule has 1 aliphatic heterocycles. The molecule has 104 valence electrons. The highest BCUT2D eigenvalue weighted by Crippen LogP contribution is 2.27. The summed E-state index contributed by atoms with van der Waals surface area (Å²) in [5.74, 6) is 1.09. The van der Waals surface area contributed by atoms with E-state index < -0.39 is 0 Å². The van der Waals surface area contributed by atoms with Crippen LogP contribution in [0.3, 0.4) is 0 Å². The van der Waals surface area contributed by atoms with Crippen LogP contribution in [-0.2, 0) is 9.53 Å². The fourth-order valence-corrected chi connectivity index (χ4v) is 1.68. The van der Waals surface area contributed by atoms with Gasteiger partial charge in [-0.3, -0.25) is 4.79 Å². The van der Waals surface area contributed by atoms with Crippen molar-refractivity contribution in [1.29, 1.82) is 0 Å². The topological polar surface area (TPSA) is 79.9 Å². The van der Waals surface area contributed by atoms with E-state index in [1.54, 1.807) is 0 Å². The summed E-state index contributed by atoms with van der Waals surface area (Å²) in [5.41, 5.74) is 5.81. The van der Waals surface area contributed by atoms with Crippen molar-refractivity contribution >= 4 is 35.8 Å². The van der Waals surface area contributed by atoms with E-state index in [0.717, 1.165) is 19.6 Å². The molecule has 1 amide bonds. The number of nitrogens with zero attached hydrogens (tertiary/aromatic N) is 2. The fourth-order valence-electron chi connectivity index (χ4n) is 1.68. The number of nitrogens with two attached hydrogens (primary N) is 1. The van der Waals surface area contributed by atoms with Crippen molar-refractivity contribution in [2.45, 2.75) is 12.8 Å². The molecule has 3 N–H and O–H groups in total. The van der Waals surface area contributed by atoms with Gasteiger partial charge in [-0.05, 0) is 18.8 Å². The Labute approximate surface area is 124 Å². The second-order valence-corrected chi connectivity index (χ2v) is 4.52. The number of hydrogen-bond donors (Lipinski definition) is 2. The minimum Gasteiger partial charge on any atom is -0.378 e. The molecule has 6 nitrogen and oxygen atoms in total. The van der Waals surface area contributed by atoms with Crippen LogP contribution in [0.25, 0.3) is 0 Å². The SMILES string of the molecule is I.NC(=NCC(=O)NCC1CC1)N1CCOCC1. The van der Waals surface area contributed by atoms with Crippen LogP contribution in [0.4, 0.5) is 0 Å². The first-order valence-electron chi connectivity index (χ1n) is 6.15. The normalized spacial score (nSPS) is 20.2. The Morgan fingerprint density at radius 1 is 1.39 bits per heavy atom. The van der Waals surface area contributed by atoms with Crippen LogP contribution in [0.15, 0.2) is 4.99 Å². The van der Waals surface area contributed by atoms with Crippen LogP contribution in [0.1, 0.15) is 12.8 Å². The van der Waals surface area contributed by atoms with Crippen molar-refractivity contribution in [3.8, 4) is 0 Å². The molecule has 2 aliphatic rings. The van der Waals surface area contributed by atoms with Crippen molar-refractivity contribution in [2.24, 2.45) is 16.6 Å². The molecule has 0 unspecified atom stereocenters. The Kier molecular flexibility index (Phi) is 6.69. The average molecular weight is 368 g/mol.